The molecule has 0 aliphatic heterocycles. The molecule has 0 aliphatic carbocycles. The standard InChI is InChI=1S/C17H21NO3S/c1-13-11-14(2)17(15(3)12-13)18-22(19,20)10-9-21-16-7-5-4-6-8-16/h4-8,11-12,18H,9-10H2,1-3H3. The van der Waals surface area contributed by atoms with Crippen LogP contribution in [0.1, 0.15) is 16.7 Å². The van der Waals surface area contributed by atoms with Crippen molar-refractivity contribution in [2.45, 2.75) is 20.8 Å². The number of nitrogens with one attached hydrogen (secondary N) is 1. The highest BCUT2D eigenvalue weighted by Crippen LogP contribution is 2.23. The number of rotatable bonds is 6. The molecule has 5 heteroatoms. The number of anilines is 1. The summed E-state index contributed by atoms with van der Waals surface area (Å²) in [6, 6.07) is 13.1. The van der Waals surface area contributed by atoms with E-state index in [2.05, 4.69) is 4.72 Å². The van der Waals surface area contributed by atoms with E-state index in [9.17, 15) is 8.42 Å². The van der Waals surface area contributed by atoms with E-state index < -0.39 is 10.0 Å². The minimum atomic E-state index is -3.44. The fraction of sp³-hybridized carbons (Fsp3) is 0.294. The lowest BCUT2D eigenvalue weighted by Crippen LogP contribution is -2.22. The topological polar surface area (TPSA) is 55.4 Å². The number of hydrogen-bond donors (Lipinski definition) is 1. The Morgan fingerprint density at radius 2 is 1.59 bits per heavy atom. The van der Waals surface area contributed by atoms with Crippen LogP contribution in [0.5, 0.6) is 5.75 Å². The number of aryl methyl sites for hydroxylation is 3. The monoisotopic (exact) mass is 319 g/mol. The highest BCUT2D eigenvalue weighted by Gasteiger charge is 2.14. The molecule has 0 heterocycles. The molecular weight excluding hydrogens is 298 g/mol. The minimum Gasteiger partial charge on any atom is -0.492 e. The highest BCUT2D eigenvalue weighted by atomic mass is 32.2. The van der Waals surface area contributed by atoms with E-state index in [1.165, 1.54) is 0 Å². The van der Waals surface area contributed by atoms with Crippen LogP contribution >= 0.6 is 0 Å². The lowest BCUT2D eigenvalue weighted by Gasteiger charge is -2.14. The van der Waals surface area contributed by atoms with Crippen LogP contribution < -0.4 is 9.46 Å². The zero-order valence-corrected chi connectivity index (χ0v) is 13.9. The Morgan fingerprint density at radius 1 is 1.00 bits per heavy atom. The van der Waals surface area contributed by atoms with Gasteiger partial charge in [0.2, 0.25) is 10.0 Å². The van der Waals surface area contributed by atoms with Gasteiger partial charge in [-0.05, 0) is 44.0 Å². The second-order valence-corrected chi connectivity index (χ2v) is 7.20. The molecule has 0 spiro atoms. The predicted octanol–water partition coefficient (Wildman–Crippen LogP) is 3.43. The van der Waals surface area contributed by atoms with Gasteiger partial charge in [0.1, 0.15) is 18.1 Å². The summed E-state index contributed by atoms with van der Waals surface area (Å²) < 4.78 is 32.5. The zero-order chi connectivity index (χ0) is 16.2. The normalized spacial score (nSPS) is 11.2. The van der Waals surface area contributed by atoms with Crippen LogP contribution in [0.3, 0.4) is 0 Å². The van der Waals surface area contributed by atoms with Crippen molar-refractivity contribution in [1.82, 2.24) is 0 Å². The summed E-state index contributed by atoms with van der Waals surface area (Å²) in [5, 5.41) is 0. The molecule has 2 aromatic rings. The largest absolute Gasteiger partial charge is 0.492 e. The average Bonchev–Trinajstić information content (AvgIpc) is 2.44. The molecule has 22 heavy (non-hydrogen) atoms. The molecule has 0 amide bonds. The Morgan fingerprint density at radius 3 is 2.18 bits per heavy atom. The van der Waals surface area contributed by atoms with E-state index in [1.807, 2.05) is 51.1 Å². The van der Waals surface area contributed by atoms with Crippen molar-refractivity contribution in [2.75, 3.05) is 17.1 Å². The molecule has 0 aromatic heterocycles. The summed E-state index contributed by atoms with van der Waals surface area (Å²) in [6.45, 7) is 5.91. The quantitative estimate of drug-likeness (QED) is 0.887. The van der Waals surface area contributed by atoms with Crippen LogP contribution in [0.2, 0.25) is 0 Å². The van der Waals surface area contributed by atoms with Crippen molar-refractivity contribution in [2.24, 2.45) is 0 Å². The maximum Gasteiger partial charge on any atom is 0.236 e. The van der Waals surface area contributed by atoms with Gasteiger partial charge in [0.15, 0.2) is 0 Å². The van der Waals surface area contributed by atoms with Gasteiger partial charge in [0.25, 0.3) is 0 Å². The van der Waals surface area contributed by atoms with Crippen LogP contribution in [0.15, 0.2) is 42.5 Å². The Balaban J connectivity index is 2.00. The molecule has 2 rings (SSSR count). The molecule has 0 bridgehead atoms. The summed E-state index contributed by atoms with van der Waals surface area (Å²) in [7, 11) is -3.44. The zero-order valence-electron chi connectivity index (χ0n) is 13.1. The predicted molar refractivity (Wildman–Crippen MR) is 90.0 cm³/mol. The Bertz CT molecular complexity index is 717. The van der Waals surface area contributed by atoms with Gasteiger partial charge in [0, 0.05) is 0 Å². The molecule has 0 unspecified atom stereocenters. The molecule has 4 nitrogen and oxygen atoms in total. The van der Waals surface area contributed by atoms with Gasteiger partial charge in [-0.1, -0.05) is 35.9 Å². The van der Waals surface area contributed by atoms with Gasteiger partial charge in [-0.25, -0.2) is 8.42 Å². The third kappa shape index (κ3) is 4.49. The van der Waals surface area contributed by atoms with Gasteiger partial charge in [0.05, 0.1) is 5.69 Å². The number of ether oxygens (including phenoxy) is 1. The van der Waals surface area contributed by atoms with E-state index in [-0.39, 0.29) is 12.4 Å². The van der Waals surface area contributed by atoms with Gasteiger partial charge in [-0.2, -0.15) is 0 Å². The maximum absolute atomic E-state index is 12.2. The molecule has 0 radical (unpaired) electrons. The molecule has 0 saturated heterocycles. The maximum atomic E-state index is 12.2. The Hall–Kier alpha value is -2.01. The van der Waals surface area contributed by atoms with E-state index in [1.54, 1.807) is 12.1 Å². The van der Waals surface area contributed by atoms with Gasteiger partial charge in [-0.15, -0.1) is 0 Å². The molecule has 0 fully saturated rings. The summed E-state index contributed by atoms with van der Waals surface area (Å²) in [6.07, 6.45) is 0. The summed E-state index contributed by atoms with van der Waals surface area (Å²) >= 11 is 0. The number of sulfonamides is 1. The molecule has 0 saturated carbocycles. The van der Waals surface area contributed by atoms with Crippen molar-refractivity contribution in [3.05, 3.63) is 59.2 Å². The fourth-order valence-electron chi connectivity index (χ4n) is 2.33. The van der Waals surface area contributed by atoms with Crippen LogP contribution in [0.4, 0.5) is 5.69 Å². The highest BCUT2D eigenvalue weighted by molar-refractivity contribution is 7.92. The van der Waals surface area contributed by atoms with Crippen LogP contribution in [-0.4, -0.2) is 20.8 Å². The number of benzene rings is 2. The third-order valence-corrected chi connectivity index (χ3v) is 4.52. The lowest BCUT2D eigenvalue weighted by atomic mass is 10.1. The molecule has 0 atom stereocenters. The third-order valence-electron chi connectivity index (χ3n) is 3.30. The first kappa shape index (κ1) is 16.4. The van der Waals surface area contributed by atoms with Crippen molar-refractivity contribution in [3.63, 3.8) is 0 Å². The molecule has 0 aliphatic rings. The van der Waals surface area contributed by atoms with Crippen LogP contribution in [0, 0.1) is 20.8 Å². The first-order valence-corrected chi connectivity index (χ1v) is 8.79. The van der Waals surface area contributed by atoms with E-state index >= 15 is 0 Å². The molecule has 1 N–H and O–H groups in total. The number of para-hydroxylation sites is 1. The van der Waals surface area contributed by atoms with Crippen molar-refractivity contribution in [1.29, 1.82) is 0 Å². The smallest absolute Gasteiger partial charge is 0.236 e. The summed E-state index contributed by atoms with van der Waals surface area (Å²) in [4.78, 5) is 0. The van der Waals surface area contributed by atoms with Crippen LogP contribution in [-0.2, 0) is 10.0 Å². The molecule has 2 aromatic carbocycles. The summed E-state index contributed by atoms with van der Waals surface area (Å²) in [5.41, 5.74) is 3.62. The molecular formula is C17H21NO3S. The van der Waals surface area contributed by atoms with Gasteiger partial charge < -0.3 is 4.74 Å². The number of hydrogen-bond acceptors (Lipinski definition) is 3. The lowest BCUT2D eigenvalue weighted by molar-refractivity contribution is 0.341. The van der Waals surface area contributed by atoms with E-state index in [4.69, 9.17) is 4.74 Å². The van der Waals surface area contributed by atoms with E-state index in [0.29, 0.717) is 11.4 Å². The molecule has 118 valence electrons. The average molecular weight is 319 g/mol. The van der Waals surface area contributed by atoms with Crippen molar-refractivity contribution < 1.29 is 13.2 Å². The Kier molecular flexibility index (Phi) is 5.08. The second kappa shape index (κ2) is 6.83. The SMILES string of the molecule is Cc1cc(C)c(NS(=O)(=O)CCOc2ccccc2)c(C)c1. The van der Waals surface area contributed by atoms with E-state index in [0.717, 1.165) is 16.7 Å². The van der Waals surface area contributed by atoms with Gasteiger partial charge in [-0.3, -0.25) is 4.72 Å². The van der Waals surface area contributed by atoms with Crippen LogP contribution in [0.25, 0.3) is 0 Å². The minimum absolute atomic E-state index is 0.0886. The summed E-state index contributed by atoms with van der Waals surface area (Å²) in [5.74, 6) is 0.578. The first-order chi connectivity index (χ1) is 10.4. The first-order valence-electron chi connectivity index (χ1n) is 7.13. The Labute approximate surface area is 132 Å². The van der Waals surface area contributed by atoms with Crippen molar-refractivity contribution >= 4 is 15.7 Å². The fourth-order valence-corrected chi connectivity index (χ4v) is 3.37. The van der Waals surface area contributed by atoms with Crippen molar-refractivity contribution in [3.8, 4) is 5.75 Å². The van der Waals surface area contributed by atoms with Gasteiger partial charge >= 0.3 is 0 Å². The second-order valence-electron chi connectivity index (χ2n) is 5.36.